The van der Waals surface area contributed by atoms with E-state index in [2.05, 4.69) is 27.5 Å². The first-order valence-electron chi connectivity index (χ1n) is 17.1. The van der Waals surface area contributed by atoms with Gasteiger partial charge in [-0.05, 0) is 48.6 Å². The molecular formula is C37H53N5O6S. The molecule has 12 heteroatoms. The topological polar surface area (TPSA) is 164 Å². The standard InChI is InChI=1S/C37H53N5O6S/c1-25(13-18-31(38)44)23-48-19-11-9-7-6-8-10-12-32(45)41-34(37(3,4)5)36(47)42-22-29(43)20-30(42)35(46)39-21-27-14-16-28(17-15-27)33-26(2)40-24-49-33/h14-17,24-25,29-30,34,43H,6-8,10,12-13,18-23H2,1-5H3,(H2,38,44)(H,39,46)(H,41,45)/t25-,29+,30-,34+/m0/s1. The Morgan fingerprint density at radius 2 is 1.86 bits per heavy atom. The molecule has 0 radical (unpaired) electrons. The molecular weight excluding hydrogens is 643 g/mol. The number of aliphatic hydroxyl groups excluding tert-OH is 1. The van der Waals surface area contributed by atoms with Crippen LogP contribution < -0.4 is 16.4 Å². The number of carbonyl (C=O) groups is 4. The van der Waals surface area contributed by atoms with Crippen LogP contribution >= 0.6 is 11.3 Å². The Hall–Kier alpha value is -3.79. The zero-order chi connectivity index (χ0) is 36.0. The second-order valence-corrected chi connectivity index (χ2v) is 14.8. The molecule has 1 fully saturated rings. The van der Waals surface area contributed by atoms with Crippen molar-refractivity contribution in [1.29, 1.82) is 0 Å². The van der Waals surface area contributed by atoms with E-state index in [1.54, 1.807) is 11.3 Å². The molecule has 1 aliphatic rings. The number of unbranched alkanes of at least 4 members (excludes halogenated alkanes) is 3. The first-order chi connectivity index (χ1) is 23.3. The van der Waals surface area contributed by atoms with Crippen LogP contribution in [-0.2, 0) is 30.5 Å². The van der Waals surface area contributed by atoms with Crippen LogP contribution in [0.25, 0.3) is 10.4 Å². The summed E-state index contributed by atoms with van der Waals surface area (Å²) in [5, 5.41) is 16.3. The van der Waals surface area contributed by atoms with E-state index >= 15 is 0 Å². The minimum atomic E-state index is -0.854. The summed E-state index contributed by atoms with van der Waals surface area (Å²) in [6.45, 7) is 10.8. The summed E-state index contributed by atoms with van der Waals surface area (Å²) >= 11 is 1.58. The molecule has 3 rings (SSSR count). The lowest BCUT2D eigenvalue weighted by Crippen LogP contribution is -2.57. The molecule has 268 valence electrons. The molecule has 0 bridgehead atoms. The monoisotopic (exact) mass is 695 g/mol. The van der Waals surface area contributed by atoms with Crippen LogP contribution in [0.15, 0.2) is 29.8 Å². The van der Waals surface area contributed by atoms with Gasteiger partial charge in [0.15, 0.2) is 0 Å². The molecule has 0 aliphatic carbocycles. The highest BCUT2D eigenvalue weighted by Gasteiger charge is 2.44. The van der Waals surface area contributed by atoms with Crippen molar-refractivity contribution in [2.75, 3.05) is 19.8 Å². The third-order valence-corrected chi connectivity index (χ3v) is 9.48. The number of hydrogen-bond donors (Lipinski definition) is 4. The van der Waals surface area contributed by atoms with E-state index in [9.17, 15) is 24.3 Å². The quantitative estimate of drug-likeness (QED) is 0.143. The van der Waals surface area contributed by atoms with Gasteiger partial charge in [-0.15, -0.1) is 17.3 Å². The number of thiazole rings is 1. The van der Waals surface area contributed by atoms with Crippen molar-refractivity contribution in [3.8, 4) is 22.3 Å². The van der Waals surface area contributed by atoms with Crippen LogP contribution in [-0.4, -0.2) is 76.6 Å². The lowest BCUT2D eigenvalue weighted by atomic mass is 9.85. The van der Waals surface area contributed by atoms with Crippen LogP contribution in [0.3, 0.4) is 0 Å². The van der Waals surface area contributed by atoms with Crippen molar-refractivity contribution in [1.82, 2.24) is 20.5 Å². The van der Waals surface area contributed by atoms with E-state index in [-0.39, 0.29) is 55.5 Å². The van der Waals surface area contributed by atoms with E-state index in [4.69, 9.17) is 10.5 Å². The number of nitrogens with zero attached hydrogens (tertiary/aromatic N) is 2. The van der Waals surface area contributed by atoms with E-state index in [1.807, 2.05) is 64.4 Å². The Morgan fingerprint density at radius 1 is 1.12 bits per heavy atom. The van der Waals surface area contributed by atoms with Crippen molar-refractivity contribution in [3.05, 3.63) is 41.0 Å². The van der Waals surface area contributed by atoms with Crippen LogP contribution in [0, 0.1) is 30.1 Å². The van der Waals surface area contributed by atoms with Gasteiger partial charge in [0.05, 0.1) is 28.8 Å². The van der Waals surface area contributed by atoms with Crippen molar-refractivity contribution in [3.63, 3.8) is 0 Å². The molecule has 1 aromatic carbocycles. The largest absolute Gasteiger partial charge is 0.391 e. The van der Waals surface area contributed by atoms with Gasteiger partial charge >= 0.3 is 0 Å². The summed E-state index contributed by atoms with van der Waals surface area (Å²) in [5.41, 5.74) is 9.32. The maximum atomic E-state index is 13.8. The summed E-state index contributed by atoms with van der Waals surface area (Å²) in [4.78, 5) is 57.8. The molecule has 4 atom stereocenters. The first-order valence-corrected chi connectivity index (χ1v) is 18.0. The molecule has 0 spiro atoms. The molecule has 5 N–H and O–H groups in total. The van der Waals surface area contributed by atoms with Gasteiger partial charge in [-0.1, -0.05) is 64.3 Å². The van der Waals surface area contributed by atoms with E-state index in [0.29, 0.717) is 38.9 Å². The molecule has 0 saturated carbocycles. The highest BCUT2D eigenvalue weighted by atomic mass is 32.1. The Morgan fingerprint density at radius 3 is 2.51 bits per heavy atom. The van der Waals surface area contributed by atoms with Crippen molar-refractivity contribution < 1.29 is 29.0 Å². The molecule has 1 aromatic heterocycles. The van der Waals surface area contributed by atoms with Gasteiger partial charge in [0.1, 0.15) is 18.7 Å². The highest BCUT2D eigenvalue weighted by molar-refractivity contribution is 7.13. The smallest absolute Gasteiger partial charge is 0.246 e. The predicted octanol–water partition coefficient (Wildman–Crippen LogP) is 4.10. The fourth-order valence-electron chi connectivity index (χ4n) is 5.61. The fourth-order valence-corrected chi connectivity index (χ4v) is 6.42. The number of aryl methyl sites for hydroxylation is 1. The predicted molar refractivity (Wildman–Crippen MR) is 191 cm³/mol. The van der Waals surface area contributed by atoms with Crippen molar-refractivity contribution in [2.24, 2.45) is 17.1 Å². The number of nitrogens with two attached hydrogens (primary N) is 1. The van der Waals surface area contributed by atoms with Gasteiger partial charge in [0.25, 0.3) is 0 Å². The molecule has 2 heterocycles. The average Bonchev–Trinajstić information content (AvgIpc) is 3.66. The van der Waals surface area contributed by atoms with Gasteiger partial charge in [0, 0.05) is 38.8 Å². The number of aromatic nitrogens is 1. The van der Waals surface area contributed by atoms with Gasteiger partial charge in [0.2, 0.25) is 23.6 Å². The minimum Gasteiger partial charge on any atom is -0.391 e. The summed E-state index contributed by atoms with van der Waals surface area (Å²) < 4.78 is 5.53. The van der Waals surface area contributed by atoms with Crippen molar-refractivity contribution in [2.45, 2.75) is 111 Å². The lowest BCUT2D eigenvalue weighted by Gasteiger charge is -2.35. The SMILES string of the molecule is Cc1ncsc1-c1ccc(CNC(=O)[C@@H]2C[C@@H](O)CN2C(=O)[C@@H](NC(=O)CCCCCC#CCOC[C@@H](C)CCC(N)=O)C(C)(C)C)cc1. The van der Waals surface area contributed by atoms with E-state index in [1.165, 1.54) is 4.90 Å². The molecule has 11 nitrogen and oxygen atoms in total. The van der Waals surface area contributed by atoms with Gasteiger partial charge in [-0.3, -0.25) is 19.2 Å². The van der Waals surface area contributed by atoms with E-state index < -0.39 is 23.6 Å². The molecule has 4 amide bonds. The normalized spacial score (nSPS) is 17.1. The number of rotatable bonds is 17. The summed E-state index contributed by atoms with van der Waals surface area (Å²) in [6, 6.07) is 6.22. The van der Waals surface area contributed by atoms with Crippen LogP contribution in [0.4, 0.5) is 0 Å². The minimum absolute atomic E-state index is 0.0304. The Kier molecular flexibility index (Phi) is 15.7. The second kappa shape index (κ2) is 19.4. The molecule has 1 aliphatic heterocycles. The lowest BCUT2D eigenvalue weighted by molar-refractivity contribution is -0.144. The Bertz CT molecular complexity index is 1460. The number of amides is 4. The van der Waals surface area contributed by atoms with Gasteiger partial charge in [-0.2, -0.15) is 0 Å². The summed E-state index contributed by atoms with van der Waals surface area (Å²) in [6.07, 6.45) is 3.65. The summed E-state index contributed by atoms with van der Waals surface area (Å²) in [7, 11) is 0. The molecule has 0 unspecified atom stereocenters. The average molecular weight is 696 g/mol. The summed E-state index contributed by atoms with van der Waals surface area (Å²) in [5.74, 6) is 5.08. The zero-order valence-corrected chi connectivity index (χ0v) is 30.4. The number of β-amino-alcohol motifs (C(OH)–C–C–N with tert-alkyl or cyclic N) is 1. The number of likely N-dealkylation sites (tertiary alicyclic amines) is 1. The highest BCUT2D eigenvalue weighted by Crippen LogP contribution is 2.28. The van der Waals surface area contributed by atoms with Crippen LogP contribution in [0.5, 0.6) is 0 Å². The van der Waals surface area contributed by atoms with Gasteiger partial charge < -0.3 is 31.1 Å². The first kappa shape index (κ1) is 39.6. The number of nitrogens with one attached hydrogen (secondary N) is 2. The number of aliphatic hydroxyl groups is 1. The second-order valence-electron chi connectivity index (χ2n) is 14.0. The third-order valence-electron chi connectivity index (χ3n) is 8.50. The molecule has 1 saturated heterocycles. The maximum Gasteiger partial charge on any atom is 0.246 e. The molecule has 2 aromatic rings. The van der Waals surface area contributed by atoms with Crippen LogP contribution in [0.1, 0.15) is 90.3 Å². The number of benzene rings is 1. The molecule has 49 heavy (non-hydrogen) atoms. The number of carbonyl (C=O) groups excluding carboxylic acids is 4. The van der Waals surface area contributed by atoms with Crippen molar-refractivity contribution >= 4 is 35.0 Å². The Balaban J connectivity index is 1.43. The van der Waals surface area contributed by atoms with Gasteiger partial charge in [-0.25, -0.2) is 4.98 Å². The zero-order valence-electron chi connectivity index (χ0n) is 29.5. The third kappa shape index (κ3) is 13.2. The number of hydrogen-bond acceptors (Lipinski definition) is 8. The van der Waals surface area contributed by atoms with Crippen LogP contribution in [0.2, 0.25) is 0 Å². The number of ether oxygens (including phenoxy) is 1. The van der Waals surface area contributed by atoms with E-state index in [0.717, 1.165) is 34.5 Å². The Labute approximate surface area is 294 Å². The fraction of sp³-hybridized carbons (Fsp3) is 0.595. The maximum absolute atomic E-state index is 13.8. The number of primary amides is 1.